The maximum atomic E-state index is 11.9. The molecule has 0 radical (unpaired) electrons. The average Bonchev–Trinajstić information content (AvgIpc) is 1.70. The molecular weight excluding hydrogens is 1550 g/mol. The molecule has 10 heterocycles. The summed E-state index contributed by atoms with van der Waals surface area (Å²) in [4.78, 5) is 50.5. The van der Waals surface area contributed by atoms with E-state index in [4.69, 9.17) is 35.9 Å². The van der Waals surface area contributed by atoms with Crippen LogP contribution in [0.3, 0.4) is 0 Å². The quantitative estimate of drug-likeness (QED) is 0.0433. The number of thiocarbonyl (C=S) groups is 1. The highest BCUT2D eigenvalue weighted by molar-refractivity contribution is 7.80. The van der Waals surface area contributed by atoms with Crippen LogP contribution < -0.4 is 37.2 Å². The van der Waals surface area contributed by atoms with E-state index in [1.54, 1.807) is 26.4 Å². The summed E-state index contributed by atoms with van der Waals surface area (Å²) in [6.07, 6.45) is 19.9. The predicted octanol–water partition coefficient (Wildman–Crippen LogP) is 1.02. The van der Waals surface area contributed by atoms with Crippen molar-refractivity contribution in [2.45, 2.75) is 161 Å². The molecular formula is C75H121N10O20P5S. The first kappa shape index (κ1) is 94.4. The smallest absolute Gasteiger partial charge is 0.325 e. The zero-order valence-corrected chi connectivity index (χ0v) is 71.2. The second-order valence-corrected chi connectivity index (χ2v) is 54.4. The Bertz CT molecular complexity index is 3920. The van der Waals surface area contributed by atoms with Crippen LogP contribution in [0.2, 0.25) is 0 Å². The lowest BCUT2D eigenvalue weighted by molar-refractivity contribution is -0.120. The molecule has 0 spiro atoms. The molecule has 0 aliphatic carbocycles. The highest BCUT2D eigenvalue weighted by Gasteiger charge is 2.51. The van der Waals surface area contributed by atoms with Gasteiger partial charge in [0.2, 0.25) is 0 Å². The van der Waals surface area contributed by atoms with Crippen molar-refractivity contribution in [3.05, 3.63) is 120 Å². The molecule has 6 amide bonds. The number of aliphatic hydroxyl groups excluding tert-OH is 11. The van der Waals surface area contributed by atoms with Gasteiger partial charge in [-0.2, -0.15) is 0 Å². The van der Waals surface area contributed by atoms with E-state index in [9.17, 15) is 75.3 Å². The van der Waals surface area contributed by atoms with Crippen molar-refractivity contribution in [1.29, 1.82) is 0 Å². The van der Waals surface area contributed by atoms with Crippen LogP contribution in [0.5, 0.6) is 0 Å². The summed E-state index contributed by atoms with van der Waals surface area (Å²) in [5, 5.41) is 131. The van der Waals surface area contributed by atoms with Gasteiger partial charge in [0.15, 0.2) is 17.6 Å². The van der Waals surface area contributed by atoms with Gasteiger partial charge in [0.05, 0.1) is 42.7 Å². The minimum atomic E-state index is -1.26. The fourth-order valence-electron chi connectivity index (χ4n) is 12.8. The second kappa shape index (κ2) is 39.5. The first-order chi connectivity index (χ1) is 51.2. The number of hydrogen-bond donors (Lipinski definition) is 18. The third kappa shape index (κ3) is 26.6. The maximum Gasteiger partial charge on any atom is 0.325 e. The van der Waals surface area contributed by atoms with Crippen LogP contribution in [0, 0.1) is 11.8 Å². The summed E-state index contributed by atoms with van der Waals surface area (Å²) < 4.78 is 29.2. The topological polar surface area (TPSA) is 431 Å². The third-order valence-electron chi connectivity index (χ3n) is 19.2. The van der Waals surface area contributed by atoms with Gasteiger partial charge in [-0.25, -0.2) is 9.59 Å². The number of ether oxygens (including phenoxy) is 5. The van der Waals surface area contributed by atoms with E-state index in [1.807, 2.05) is 0 Å². The van der Waals surface area contributed by atoms with E-state index >= 15 is 0 Å². The van der Waals surface area contributed by atoms with Crippen LogP contribution in [0.1, 0.15) is 39.0 Å². The summed E-state index contributed by atoms with van der Waals surface area (Å²) >= 11 is 4.99. The summed E-state index contributed by atoms with van der Waals surface area (Å²) in [7, 11) is 1.60. The Morgan fingerprint density at radius 1 is 0.441 bits per heavy atom. The van der Waals surface area contributed by atoms with E-state index in [1.165, 1.54) is 33.3 Å². The zero-order chi connectivity index (χ0) is 83.7. The minimum Gasteiger partial charge on any atom is -0.391 e. The maximum absolute atomic E-state index is 11.9. The number of carbonyl (C=O) groups excluding carboxylic acids is 4. The summed E-state index contributed by atoms with van der Waals surface area (Å²) in [6, 6.07) is -0.668. The van der Waals surface area contributed by atoms with Crippen molar-refractivity contribution in [2.75, 3.05) is 111 Å². The number of nitrogens with one attached hydrogen (secondary N) is 7. The molecule has 10 aliphatic heterocycles. The number of amides is 6. The molecule has 10 rings (SSSR count). The Morgan fingerprint density at radius 3 is 1.14 bits per heavy atom. The van der Waals surface area contributed by atoms with Crippen LogP contribution >= 0.6 is 46.6 Å². The number of urea groups is 2. The van der Waals surface area contributed by atoms with Crippen molar-refractivity contribution in [2.24, 2.45) is 0 Å². The number of nitrogens with zero attached hydrogens (tertiary/aromatic N) is 3. The Morgan fingerprint density at radius 2 is 0.775 bits per heavy atom. The molecule has 0 aromatic carbocycles. The van der Waals surface area contributed by atoms with Gasteiger partial charge in [0, 0.05) is 71.9 Å². The first-order valence-corrected chi connectivity index (χ1v) is 51.8. The Balaban J connectivity index is 0.000000217. The van der Waals surface area contributed by atoms with Gasteiger partial charge in [0.1, 0.15) is 96.6 Å². The molecule has 5 saturated heterocycles. The normalized spacial score (nSPS) is 32.4. The van der Waals surface area contributed by atoms with Crippen molar-refractivity contribution in [3.8, 4) is 11.8 Å². The van der Waals surface area contributed by atoms with Crippen LogP contribution in [-0.2, 0) is 33.3 Å². The van der Waals surface area contributed by atoms with Gasteiger partial charge in [-0.3, -0.25) is 9.59 Å². The van der Waals surface area contributed by atoms with E-state index in [-0.39, 0.29) is 46.9 Å². The monoisotopic (exact) mass is 1670 g/mol. The Hall–Kier alpha value is -5.41. The summed E-state index contributed by atoms with van der Waals surface area (Å²) in [5.74, 6) is 5.09. The molecule has 30 nitrogen and oxygen atoms in total. The fraction of sp³-hybridized carbons (Fsp3) is 0.573. The molecule has 5 fully saturated rings. The molecule has 0 aromatic heterocycles. The molecule has 111 heavy (non-hydrogen) atoms. The second-order valence-electron chi connectivity index (χ2n) is 32.4. The SMILES string of the molecule is C=C1NC(=O)C(C#CC)=CN1C1O[C@H](CCP(=C)(C)C)[C@@H](O)[C@H]1O.C=C1NC(=O)C(CO)=CN1C1O[C@H](CCP(=C)(C)C)[C@@H](O)[C@H]1O.C=C1NC(=O)N(C)C=C1C1O[C@H](CCP(=C)(C)C)[C@@H](O)[C@H]1O.C=C1NC(=O)NC=C1C1O[C@H](CCP(=C)(C)C)[C@@H](O)[C@H]1O.C=C1NC(=S)NC=C1C1O[C@H](CCP(=C)(C)C)[C@@H](O)[C@H]1O. The number of rotatable bonds is 21. The lowest BCUT2D eigenvalue weighted by atomic mass is 9.99. The Labute approximate surface area is 659 Å². The Kier molecular flexibility index (Phi) is 33.6. The van der Waals surface area contributed by atoms with E-state index in [0.29, 0.717) is 71.0 Å². The van der Waals surface area contributed by atoms with Gasteiger partial charge >= 0.3 is 12.1 Å². The molecule has 20 atom stereocenters. The molecule has 0 aromatic rings. The molecule has 622 valence electrons. The standard InChI is InChI=1S/C17H25N2O4P.C15H25N2O5P.C15H25N2O4P.C14H23N2O4P.C14H23N2O3PS/c1-6-7-12-10-19(11(2)18-16(12)22)17-15(21)14(20)13(23-17)8-9-24(3,4)5;1-9-16-14(21)10(8-18)7-17(9)15-13(20)12(19)11(22-15)5-6-23(2,3)4;1-9-10(8-17(2)15(20)16-9)14-13(19)12(18)11(21-14)6-7-22(3,4)5;1-8-9(7-15-14(19)16-8)13-12(18)11(17)10(20-13)5-6-21(2,3)4;1-8-9(7-15-14(21)16-8)13-12(18)11(17)10(19-13)5-6-20(2,3)4/h10,13-15,17,20-21H,2-3,8-9H2,1,4-5H3,(H,18,22);7,11-13,15,18-20H,1-2,5-6,8H2,3-4H3,(H,16,21);8,11-14,18-19H,1,3,6-7H2,2,4-5H3,(H,16,20);7,10-13,17-18H,1-2,5-6H2,3-4H3,(H2,15,16,19);7,10-13,17-18H,1-2,5-6H2,3-4H3,(H2,15,16,21)/t13-,14-,15-,17?;11-,12-,13-,15?;11-,12-,13-,14?;2*10-,11-,12-,13?/m11111/s1. The molecule has 0 bridgehead atoms. The molecule has 10 aliphatic rings. The minimum absolute atomic E-state index is 0.135. The zero-order valence-electron chi connectivity index (χ0n) is 65.9. The highest BCUT2D eigenvalue weighted by atomic mass is 32.1. The van der Waals surface area contributed by atoms with E-state index < -0.39 is 163 Å². The lowest BCUT2D eigenvalue weighted by Gasteiger charge is -2.34. The van der Waals surface area contributed by atoms with Crippen molar-refractivity contribution in [3.63, 3.8) is 0 Å². The number of carbonyl (C=O) groups is 4. The lowest BCUT2D eigenvalue weighted by Crippen LogP contribution is -2.48. The number of aliphatic hydroxyl groups is 11. The summed E-state index contributed by atoms with van der Waals surface area (Å²) in [6.45, 7) is 35.2. The molecule has 18 N–H and O–H groups in total. The molecule has 5 unspecified atom stereocenters. The summed E-state index contributed by atoms with van der Waals surface area (Å²) in [5.41, 5.74) is 3.55. The largest absolute Gasteiger partial charge is 0.391 e. The average molecular weight is 1670 g/mol. The van der Waals surface area contributed by atoms with E-state index in [2.05, 4.69) is 180 Å². The van der Waals surface area contributed by atoms with Crippen molar-refractivity contribution < 1.29 is 99.0 Å². The van der Waals surface area contributed by atoms with Gasteiger partial charge in [-0.15, -0.1) is 71.8 Å². The van der Waals surface area contributed by atoms with Crippen molar-refractivity contribution in [1.82, 2.24) is 51.9 Å². The van der Waals surface area contributed by atoms with Gasteiger partial charge in [0.25, 0.3) is 11.8 Å². The fourth-order valence-corrected chi connectivity index (χ4v) is 17.7. The molecule has 36 heteroatoms. The first-order valence-electron chi connectivity index (χ1n) is 36.1. The van der Waals surface area contributed by atoms with Crippen LogP contribution in [0.25, 0.3) is 0 Å². The highest BCUT2D eigenvalue weighted by Crippen LogP contribution is 2.44. The van der Waals surface area contributed by atoms with Crippen LogP contribution in [0.15, 0.2) is 120 Å². The number of hydrogen-bond acceptors (Lipinski definition) is 23. The van der Waals surface area contributed by atoms with E-state index in [0.717, 1.165) is 30.8 Å². The molecule has 0 saturated carbocycles. The van der Waals surface area contributed by atoms with Crippen LogP contribution in [-0.4, -0.2) is 365 Å². The van der Waals surface area contributed by atoms with Gasteiger partial charge in [-0.05, 0) is 149 Å². The van der Waals surface area contributed by atoms with Gasteiger partial charge in [-0.1, -0.05) is 38.8 Å². The van der Waals surface area contributed by atoms with Crippen molar-refractivity contribution >= 4 is 107 Å². The van der Waals surface area contributed by atoms with Crippen LogP contribution in [0.4, 0.5) is 9.59 Å². The predicted molar refractivity (Wildman–Crippen MR) is 454 cm³/mol. The van der Waals surface area contributed by atoms with Gasteiger partial charge < -0.3 is 132 Å². The third-order valence-corrected chi connectivity index (χ3v) is 26.8.